The molecule has 0 aliphatic carbocycles. The standard InChI is InChI=1S/C11H16ClNO2/c1-8(6-14)13(2)11-4-3-9(7-15)5-10(11)12/h3-5,8,14-15H,6-7H2,1-2H3. The van der Waals surface area contributed by atoms with Crippen LogP contribution < -0.4 is 4.90 Å². The van der Waals surface area contributed by atoms with Crippen molar-refractivity contribution >= 4 is 17.3 Å². The molecule has 0 spiro atoms. The molecule has 0 bridgehead atoms. The summed E-state index contributed by atoms with van der Waals surface area (Å²) in [5.41, 5.74) is 1.64. The first-order chi connectivity index (χ1) is 7.10. The largest absolute Gasteiger partial charge is 0.394 e. The van der Waals surface area contributed by atoms with Gasteiger partial charge in [-0.05, 0) is 24.6 Å². The van der Waals surface area contributed by atoms with E-state index in [1.165, 1.54) is 0 Å². The molecule has 0 amide bonds. The Kier molecular flexibility index (Phi) is 4.39. The lowest BCUT2D eigenvalue weighted by atomic mass is 10.2. The average molecular weight is 230 g/mol. The monoisotopic (exact) mass is 229 g/mol. The molecule has 0 heterocycles. The van der Waals surface area contributed by atoms with Crippen molar-refractivity contribution in [1.82, 2.24) is 0 Å². The molecule has 1 unspecified atom stereocenters. The summed E-state index contributed by atoms with van der Waals surface area (Å²) in [5, 5.41) is 18.6. The van der Waals surface area contributed by atoms with Gasteiger partial charge in [-0.25, -0.2) is 0 Å². The maximum atomic E-state index is 9.03. The zero-order valence-corrected chi connectivity index (χ0v) is 9.70. The van der Waals surface area contributed by atoms with Gasteiger partial charge in [-0.15, -0.1) is 0 Å². The topological polar surface area (TPSA) is 43.7 Å². The summed E-state index contributed by atoms with van der Waals surface area (Å²) in [6.07, 6.45) is 0. The number of rotatable bonds is 4. The van der Waals surface area contributed by atoms with Crippen LogP contribution in [0.4, 0.5) is 5.69 Å². The summed E-state index contributed by atoms with van der Waals surface area (Å²) < 4.78 is 0. The molecule has 0 aromatic heterocycles. The van der Waals surface area contributed by atoms with Gasteiger partial charge in [-0.3, -0.25) is 0 Å². The predicted molar refractivity (Wildman–Crippen MR) is 62.3 cm³/mol. The van der Waals surface area contributed by atoms with Gasteiger partial charge in [0.2, 0.25) is 0 Å². The third-order valence-corrected chi connectivity index (χ3v) is 2.80. The van der Waals surface area contributed by atoms with E-state index in [1.807, 2.05) is 31.0 Å². The summed E-state index contributed by atoms with van der Waals surface area (Å²) in [6.45, 7) is 1.98. The van der Waals surface area contributed by atoms with E-state index in [0.717, 1.165) is 11.3 Å². The predicted octanol–water partition coefficient (Wildman–Crippen LogP) is 1.65. The van der Waals surface area contributed by atoms with Crippen molar-refractivity contribution in [3.8, 4) is 0 Å². The molecule has 1 aromatic carbocycles. The minimum absolute atomic E-state index is 0.0146. The Morgan fingerprint density at radius 1 is 1.40 bits per heavy atom. The Hall–Kier alpha value is -0.770. The van der Waals surface area contributed by atoms with Gasteiger partial charge in [-0.2, -0.15) is 0 Å². The van der Waals surface area contributed by atoms with Crippen molar-refractivity contribution in [1.29, 1.82) is 0 Å². The molecule has 4 heteroatoms. The third kappa shape index (κ3) is 2.84. The van der Waals surface area contributed by atoms with Gasteiger partial charge in [0.15, 0.2) is 0 Å². The second kappa shape index (κ2) is 5.35. The van der Waals surface area contributed by atoms with Crippen molar-refractivity contribution in [2.75, 3.05) is 18.6 Å². The van der Waals surface area contributed by atoms with E-state index in [-0.39, 0.29) is 19.3 Å². The van der Waals surface area contributed by atoms with E-state index < -0.39 is 0 Å². The molecule has 15 heavy (non-hydrogen) atoms. The van der Waals surface area contributed by atoms with Crippen molar-refractivity contribution in [3.63, 3.8) is 0 Å². The van der Waals surface area contributed by atoms with Crippen molar-refractivity contribution in [2.24, 2.45) is 0 Å². The molecule has 0 fully saturated rings. The summed E-state index contributed by atoms with van der Waals surface area (Å²) in [6, 6.07) is 5.42. The molecule has 84 valence electrons. The second-order valence-electron chi connectivity index (χ2n) is 3.59. The van der Waals surface area contributed by atoms with E-state index in [0.29, 0.717) is 5.02 Å². The van der Waals surface area contributed by atoms with Crippen LogP contribution in [0.2, 0.25) is 5.02 Å². The number of hydrogen-bond acceptors (Lipinski definition) is 3. The highest BCUT2D eigenvalue weighted by Crippen LogP contribution is 2.27. The Bertz CT molecular complexity index is 330. The van der Waals surface area contributed by atoms with Gasteiger partial charge in [0.25, 0.3) is 0 Å². The first-order valence-electron chi connectivity index (χ1n) is 4.83. The molecule has 0 radical (unpaired) electrons. The van der Waals surface area contributed by atoms with Crippen molar-refractivity contribution in [2.45, 2.75) is 19.6 Å². The van der Waals surface area contributed by atoms with E-state index in [1.54, 1.807) is 6.07 Å². The first-order valence-corrected chi connectivity index (χ1v) is 5.21. The Labute approximate surface area is 94.9 Å². The quantitative estimate of drug-likeness (QED) is 0.825. The van der Waals surface area contributed by atoms with E-state index in [9.17, 15) is 0 Å². The minimum atomic E-state index is -0.0146. The molecule has 1 atom stereocenters. The van der Waals surface area contributed by atoms with Gasteiger partial charge >= 0.3 is 0 Å². The first kappa shape index (κ1) is 12.3. The van der Waals surface area contributed by atoms with Crippen LogP contribution in [0.5, 0.6) is 0 Å². The average Bonchev–Trinajstić information content (AvgIpc) is 2.26. The van der Waals surface area contributed by atoms with E-state index in [4.69, 9.17) is 21.8 Å². The maximum absolute atomic E-state index is 9.03. The van der Waals surface area contributed by atoms with E-state index in [2.05, 4.69) is 0 Å². The number of anilines is 1. The SMILES string of the molecule is CC(CO)N(C)c1ccc(CO)cc1Cl. The Balaban J connectivity index is 2.95. The van der Waals surface area contributed by atoms with Gasteiger partial charge in [0, 0.05) is 13.1 Å². The molecule has 1 aromatic rings. The van der Waals surface area contributed by atoms with Crippen LogP contribution in [0.15, 0.2) is 18.2 Å². The number of nitrogens with zero attached hydrogens (tertiary/aromatic N) is 1. The molecule has 0 saturated carbocycles. The fourth-order valence-corrected chi connectivity index (χ4v) is 1.63. The number of halogens is 1. The van der Waals surface area contributed by atoms with Crippen LogP contribution in [0.25, 0.3) is 0 Å². The summed E-state index contributed by atoms with van der Waals surface area (Å²) in [5.74, 6) is 0. The molecule has 0 aliphatic rings. The minimum Gasteiger partial charge on any atom is -0.394 e. The Morgan fingerprint density at radius 3 is 2.53 bits per heavy atom. The normalized spacial score (nSPS) is 12.6. The zero-order chi connectivity index (χ0) is 11.4. The second-order valence-corrected chi connectivity index (χ2v) is 3.99. The highest BCUT2D eigenvalue weighted by atomic mass is 35.5. The lowest BCUT2D eigenvalue weighted by molar-refractivity contribution is 0.270. The van der Waals surface area contributed by atoms with Crippen molar-refractivity contribution in [3.05, 3.63) is 28.8 Å². The number of likely N-dealkylation sites (N-methyl/N-ethyl adjacent to an activating group) is 1. The van der Waals surface area contributed by atoms with Crippen LogP contribution in [0.3, 0.4) is 0 Å². The molecule has 1 rings (SSSR count). The smallest absolute Gasteiger partial charge is 0.0682 e. The number of hydrogen-bond donors (Lipinski definition) is 2. The molecule has 2 N–H and O–H groups in total. The van der Waals surface area contributed by atoms with Crippen LogP contribution in [-0.4, -0.2) is 29.9 Å². The highest BCUT2D eigenvalue weighted by Gasteiger charge is 2.12. The third-order valence-electron chi connectivity index (χ3n) is 2.50. The molecule has 0 aliphatic heterocycles. The van der Waals surface area contributed by atoms with Crippen LogP contribution in [-0.2, 0) is 6.61 Å². The fourth-order valence-electron chi connectivity index (χ4n) is 1.29. The van der Waals surface area contributed by atoms with Gasteiger partial charge in [0.05, 0.1) is 23.9 Å². The molecular formula is C11H16ClNO2. The summed E-state index contributed by atoms with van der Waals surface area (Å²) in [7, 11) is 1.88. The van der Waals surface area contributed by atoms with Gasteiger partial charge < -0.3 is 15.1 Å². The molecule has 3 nitrogen and oxygen atoms in total. The molecular weight excluding hydrogens is 214 g/mol. The number of benzene rings is 1. The van der Waals surface area contributed by atoms with Crippen LogP contribution >= 0.6 is 11.6 Å². The molecule has 0 saturated heterocycles. The summed E-state index contributed by atoms with van der Waals surface area (Å²) in [4.78, 5) is 1.91. The Morgan fingerprint density at radius 2 is 2.07 bits per heavy atom. The lowest BCUT2D eigenvalue weighted by Gasteiger charge is -2.26. The highest BCUT2D eigenvalue weighted by molar-refractivity contribution is 6.33. The lowest BCUT2D eigenvalue weighted by Crippen LogP contribution is -2.31. The zero-order valence-electron chi connectivity index (χ0n) is 8.94. The van der Waals surface area contributed by atoms with Crippen LogP contribution in [0.1, 0.15) is 12.5 Å². The van der Waals surface area contributed by atoms with Crippen LogP contribution in [0, 0.1) is 0 Å². The number of aliphatic hydroxyl groups is 2. The van der Waals surface area contributed by atoms with Crippen molar-refractivity contribution < 1.29 is 10.2 Å². The number of aliphatic hydroxyl groups excluding tert-OH is 2. The fraction of sp³-hybridized carbons (Fsp3) is 0.455. The van der Waals surface area contributed by atoms with E-state index >= 15 is 0 Å². The maximum Gasteiger partial charge on any atom is 0.0682 e. The summed E-state index contributed by atoms with van der Waals surface area (Å²) >= 11 is 6.07. The van der Waals surface area contributed by atoms with Gasteiger partial charge in [0.1, 0.15) is 0 Å². The van der Waals surface area contributed by atoms with Gasteiger partial charge in [-0.1, -0.05) is 17.7 Å².